The topological polar surface area (TPSA) is 25.8 Å². The smallest absolute Gasteiger partial charge is 0.160 e. The van der Waals surface area contributed by atoms with Crippen molar-refractivity contribution < 1.29 is 0 Å². The lowest BCUT2D eigenvalue weighted by Crippen LogP contribution is -1.97. The molecule has 46 heavy (non-hydrogen) atoms. The summed E-state index contributed by atoms with van der Waals surface area (Å²) in [4.78, 5) is 10.2. The van der Waals surface area contributed by atoms with Gasteiger partial charge in [-0.25, -0.2) is 9.97 Å². The Kier molecular flexibility index (Phi) is 7.09. The van der Waals surface area contributed by atoms with Gasteiger partial charge in [-0.15, -0.1) is 11.3 Å². The average Bonchev–Trinajstić information content (AvgIpc) is 3.51. The van der Waals surface area contributed by atoms with E-state index in [1.165, 1.54) is 31.3 Å². The lowest BCUT2D eigenvalue weighted by atomic mass is 9.87. The van der Waals surface area contributed by atoms with E-state index in [1.807, 2.05) is 41.7 Å². The fourth-order valence-corrected chi connectivity index (χ4v) is 7.65. The van der Waals surface area contributed by atoms with Crippen LogP contribution >= 0.6 is 11.3 Å². The third-order valence-electron chi connectivity index (χ3n) is 8.60. The normalized spacial score (nSPS) is 11.6. The standard InChI is InChI=1S/C43H30N2S/c1-3-14-33-31(4-2)34(35-20-13-22-40-41(35)37-19-11-12-21-39(37)46-40)26-25-32(33)30-23-24-36-38(27-30)44-43(29-17-9-6-10-18-29)45-42(36)28-15-7-5-8-16-28/h3-27H,2H2,1H3/b14-3-. The van der Waals surface area contributed by atoms with Crippen LogP contribution in [-0.4, -0.2) is 9.97 Å². The van der Waals surface area contributed by atoms with Crippen molar-refractivity contribution in [1.82, 2.24) is 9.97 Å². The van der Waals surface area contributed by atoms with Gasteiger partial charge in [-0.1, -0.05) is 134 Å². The van der Waals surface area contributed by atoms with E-state index < -0.39 is 0 Å². The molecule has 0 saturated heterocycles. The number of aromatic nitrogens is 2. The zero-order valence-corrected chi connectivity index (χ0v) is 26.3. The Labute approximate surface area is 272 Å². The van der Waals surface area contributed by atoms with Crippen LogP contribution in [0, 0.1) is 0 Å². The van der Waals surface area contributed by atoms with Crippen LogP contribution in [0.1, 0.15) is 18.1 Å². The van der Waals surface area contributed by atoms with Crippen molar-refractivity contribution in [1.29, 1.82) is 0 Å². The Morgan fingerprint density at radius 3 is 2.07 bits per heavy atom. The molecule has 0 bridgehead atoms. The molecule has 0 N–H and O–H groups in total. The van der Waals surface area contributed by atoms with E-state index in [1.54, 1.807) is 0 Å². The molecule has 0 spiro atoms. The SMILES string of the molecule is C=Cc1c(-c2cccc3sc4ccccc4c23)ccc(-c2ccc3c(-c4ccccc4)nc(-c4ccccc4)nc3c2)c1/C=C\C. The molecule has 0 fully saturated rings. The summed E-state index contributed by atoms with van der Waals surface area (Å²) in [7, 11) is 0. The van der Waals surface area contributed by atoms with Gasteiger partial charge < -0.3 is 0 Å². The molecule has 3 heteroatoms. The monoisotopic (exact) mass is 606 g/mol. The molecule has 2 heterocycles. The fourth-order valence-electron chi connectivity index (χ4n) is 6.52. The van der Waals surface area contributed by atoms with E-state index in [4.69, 9.17) is 9.97 Å². The van der Waals surface area contributed by atoms with Crippen LogP contribution in [0.2, 0.25) is 0 Å². The molecule has 8 aromatic rings. The number of rotatable bonds is 6. The number of hydrogen-bond acceptors (Lipinski definition) is 3. The van der Waals surface area contributed by atoms with Gasteiger partial charge in [0.2, 0.25) is 0 Å². The second kappa shape index (κ2) is 11.7. The number of nitrogens with zero attached hydrogens (tertiary/aromatic N) is 2. The van der Waals surface area contributed by atoms with E-state index in [-0.39, 0.29) is 0 Å². The van der Waals surface area contributed by atoms with Crippen LogP contribution in [0.5, 0.6) is 0 Å². The summed E-state index contributed by atoms with van der Waals surface area (Å²) in [6, 6.07) is 47.0. The van der Waals surface area contributed by atoms with Gasteiger partial charge in [0, 0.05) is 36.7 Å². The maximum absolute atomic E-state index is 5.11. The third kappa shape index (κ3) is 4.73. The zero-order valence-electron chi connectivity index (χ0n) is 25.4. The molecule has 0 saturated carbocycles. The second-order valence-electron chi connectivity index (χ2n) is 11.3. The summed E-state index contributed by atoms with van der Waals surface area (Å²) in [5.74, 6) is 0.719. The highest BCUT2D eigenvalue weighted by molar-refractivity contribution is 7.25. The molecule has 0 aliphatic heterocycles. The maximum Gasteiger partial charge on any atom is 0.160 e. The van der Waals surface area contributed by atoms with Gasteiger partial charge in [0.25, 0.3) is 0 Å². The highest BCUT2D eigenvalue weighted by atomic mass is 32.1. The first-order valence-electron chi connectivity index (χ1n) is 15.5. The van der Waals surface area contributed by atoms with Gasteiger partial charge in [0.05, 0.1) is 11.2 Å². The minimum atomic E-state index is 0.719. The summed E-state index contributed by atoms with van der Waals surface area (Å²) in [5.41, 5.74) is 10.8. The minimum Gasteiger partial charge on any atom is -0.228 e. The Morgan fingerprint density at radius 2 is 1.28 bits per heavy atom. The van der Waals surface area contributed by atoms with Gasteiger partial charge in [0.15, 0.2) is 5.82 Å². The minimum absolute atomic E-state index is 0.719. The van der Waals surface area contributed by atoms with E-state index in [0.717, 1.165) is 55.8 Å². The van der Waals surface area contributed by atoms with Crippen molar-refractivity contribution in [2.75, 3.05) is 0 Å². The van der Waals surface area contributed by atoms with Gasteiger partial charge in [-0.05, 0) is 64.6 Å². The van der Waals surface area contributed by atoms with Crippen molar-refractivity contribution in [2.45, 2.75) is 6.92 Å². The highest BCUT2D eigenvalue weighted by Crippen LogP contribution is 2.43. The molecule has 6 aromatic carbocycles. The molecular formula is C43H30N2S. The van der Waals surface area contributed by atoms with Crippen molar-refractivity contribution in [3.8, 4) is 44.9 Å². The molecule has 0 atom stereocenters. The Bertz CT molecular complexity index is 2440. The Morgan fingerprint density at radius 1 is 0.565 bits per heavy atom. The zero-order chi connectivity index (χ0) is 31.0. The lowest BCUT2D eigenvalue weighted by molar-refractivity contribution is 1.23. The molecule has 2 nitrogen and oxygen atoms in total. The summed E-state index contributed by atoms with van der Waals surface area (Å²) < 4.78 is 2.60. The number of benzene rings is 6. The first kappa shape index (κ1) is 27.9. The fraction of sp³-hybridized carbons (Fsp3) is 0.0233. The summed E-state index contributed by atoms with van der Waals surface area (Å²) >= 11 is 1.85. The molecule has 0 aliphatic carbocycles. The second-order valence-corrected chi connectivity index (χ2v) is 12.4. The average molecular weight is 607 g/mol. The lowest BCUT2D eigenvalue weighted by Gasteiger charge is -2.17. The quantitative estimate of drug-likeness (QED) is 0.188. The molecule has 0 radical (unpaired) electrons. The van der Waals surface area contributed by atoms with Crippen molar-refractivity contribution in [3.63, 3.8) is 0 Å². The highest BCUT2D eigenvalue weighted by Gasteiger charge is 2.18. The molecule has 218 valence electrons. The van der Waals surface area contributed by atoms with Gasteiger partial charge >= 0.3 is 0 Å². The number of thiophene rings is 1. The van der Waals surface area contributed by atoms with Crippen molar-refractivity contribution in [3.05, 3.63) is 157 Å². The molecule has 0 amide bonds. The van der Waals surface area contributed by atoms with E-state index >= 15 is 0 Å². The Hall–Kier alpha value is -5.64. The van der Waals surface area contributed by atoms with E-state index in [9.17, 15) is 0 Å². The maximum atomic E-state index is 5.11. The molecular weight excluding hydrogens is 577 g/mol. The van der Waals surface area contributed by atoms with E-state index in [0.29, 0.717) is 0 Å². The number of fused-ring (bicyclic) bond motifs is 4. The largest absolute Gasteiger partial charge is 0.228 e. The molecule has 8 rings (SSSR count). The van der Waals surface area contributed by atoms with Gasteiger partial charge in [-0.3, -0.25) is 0 Å². The first-order chi connectivity index (χ1) is 22.7. The first-order valence-corrected chi connectivity index (χ1v) is 16.3. The van der Waals surface area contributed by atoms with Gasteiger partial charge in [-0.2, -0.15) is 0 Å². The van der Waals surface area contributed by atoms with Crippen LogP contribution in [0.15, 0.2) is 146 Å². The van der Waals surface area contributed by atoms with Crippen LogP contribution in [0.3, 0.4) is 0 Å². The third-order valence-corrected chi connectivity index (χ3v) is 9.74. The van der Waals surface area contributed by atoms with Crippen LogP contribution in [0.25, 0.3) is 88.1 Å². The molecule has 2 aromatic heterocycles. The van der Waals surface area contributed by atoms with Crippen molar-refractivity contribution >= 4 is 54.6 Å². The summed E-state index contributed by atoms with van der Waals surface area (Å²) in [5, 5.41) is 3.62. The molecule has 0 aliphatic rings. The number of hydrogen-bond donors (Lipinski definition) is 0. The summed E-state index contributed by atoms with van der Waals surface area (Å²) in [6.45, 7) is 6.38. The van der Waals surface area contributed by atoms with Crippen molar-refractivity contribution in [2.24, 2.45) is 0 Å². The van der Waals surface area contributed by atoms with E-state index in [2.05, 4.69) is 135 Å². The van der Waals surface area contributed by atoms with Crippen LogP contribution in [-0.2, 0) is 0 Å². The Balaban J connectivity index is 1.35. The number of allylic oxidation sites excluding steroid dienone is 1. The molecule has 0 unspecified atom stereocenters. The van der Waals surface area contributed by atoms with Crippen LogP contribution in [0.4, 0.5) is 0 Å². The predicted octanol–water partition coefficient (Wildman–Crippen LogP) is 12.3. The van der Waals surface area contributed by atoms with Gasteiger partial charge in [0.1, 0.15) is 0 Å². The summed E-state index contributed by atoms with van der Waals surface area (Å²) in [6.07, 6.45) is 6.32. The predicted molar refractivity (Wildman–Crippen MR) is 199 cm³/mol. The van der Waals surface area contributed by atoms with Crippen LogP contribution < -0.4 is 0 Å².